The Morgan fingerprint density at radius 2 is 1.43 bits per heavy atom. The molecule has 4 heteroatoms. The average molecular weight is 281 g/mol. The molecule has 4 nitrogen and oxygen atoms in total. The standard InChI is InChI=1S/C17H15NO3/c1-19-14-7-3-5-12(9-14)16-11-17(21-18-16)13-6-4-8-15(10-13)20-2/h3-11H,1-2H3. The first-order valence-corrected chi connectivity index (χ1v) is 6.56. The first-order valence-electron chi connectivity index (χ1n) is 6.56. The molecule has 3 rings (SSSR count). The third kappa shape index (κ3) is 2.74. The molecule has 0 radical (unpaired) electrons. The minimum absolute atomic E-state index is 0.701. The van der Waals surface area contributed by atoms with E-state index in [1.807, 2.05) is 54.6 Å². The van der Waals surface area contributed by atoms with Crippen LogP contribution in [-0.4, -0.2) is 19.4 Å². The monoisotopic (exact) mass is 281 g/mol. The van der Waals surface area contributed by atoms with Gasteiger partial charge in [0.05, 0.1) is 14.2 Å². The van der Waals surface area contributed by atoms with Crippen LogP contribution >= 0.6 is 0 Å². The quantitative estimate of drug-likeness (QED) is 0.724. The summed E-state index contributed by atoms with van der Waals surface area (Å²) in [4.78, 5) is 0. The van der Waals surface area contributed by atoms with E-state index in [0.29, 0.717) is 5.76 Å². The highest BCUT2D eigenvalue weighted by atomic mass is 16.5. The van der Waals surface area contributed by atoms with Gasteiger partial charge in [0.2, 0.25) is 0 Å². The van der Waals surface area contributed by atoms with Crippen molar-refractivity contribution in [1.82, 2.24) is 5.16 Å². The zero-order chi connectivity index (χ0) is 14.7. The Kier molecular flexibility index (Phi) is 3.60. The molecule has 21 heavy (non-hydrogen) atoms. The van der Waals surface area contributed by atoms with Crippen LogP contribution in [-0.2, 0) is 0 Å². The molecule has 1 heterocycles. The summed E-state index contributed by atoms with van der Waals surface area (Å²) in [6.07, 6.45) is 0. The molecule has 106 valence electrons. The SMILES string of the molecule is COc1cccc(-c2cc(-c3cccc(OC)c3)on2)c1. The highest BCUT2D eigenvalue weighted by Gasteiger charge is 2.10. The van der Waals surface area contributed by atoms with Gasteiger partial charge < -0.3 is 14.0 Å². The summed E-state index contributed by atoms with van der Waals surface area (Å²) >= 11 is 0. The van der Waals surface area contributed by atoms with Crippen molar-refractivity contribution in [2.45, 2.75) is 0 Å². The van der Waals surface area contributed by atoms with Crippen LogP contribution < -0.4 is 9.47 Å². The van der Waals surface area contributed by atoms with E-state index in [4.69, 9.17) is 14.0 Å². The Morgan fingerprint density at radius 1 is 0.810 bits per heavy atom. The molecule has 0 amide bonds. The zero-order valence-corrected chi connectivity index (χ0v) is 11.9. The normalized spacial score (nSPS) is 10.4. The van der Waals surface area contributed by atoms with Crippen LogP contribution in [0, 0.1) is 0 Å². The first kappa shape index (κ1) is 13.2. The second kappa shape index (κ2) is 5.71. The Hall–Kier alpha value is -2.75. The average Bonchev–Trinajstić information content (AvgIpc) is 3.05. The molecule has 2 aromatic carbocycles. The van der Waals surface area contributed by atoms with Crippen LogP contribution in [0.2, 0.25) is 0 Å². The van der Waals surface area contributed by atoms with Crippen molar-refractivity contribution in [3.05, 3.63) is 54.6 Å². The van der Waals surface area contributed by atoms with Crippen LogP contribution in [0.25, 0.3) is 22.6 Å². The molecule has 0 unspecified atom stereocenters. The number of methoxy groups -OCH3 is 2. The maximum absolute atomic E-state index is 5.43. The third-order valence-electron chi connectivity index (χ3n) is 3.23. The van der Waals surface area contributed by atoms with Gasteiger partial charge in [-0.1, -0.05) is 29.4 Å². The lowest BCUT2D eigenvalue weighted by molar-refractivity contribution is 0.413. The Balaban J connectivity index is 1.95. The van der Waals surface area contributed by atoms with Crippen molar-refractivity contribution in [1.29, 1.82) is 0 Å². The fourth-order valence-electron chi connectivity index (χ4n) is 2.11. The number of benzene rings is 2. The van der Waals surface area contributed by atoms with E-state index >= 15 is 0 Å². The third-order valence-corrected chi connectivity index (χ3v) is 3.23. The van der Waals surface area contributed by atoms with Gasteiger partial charge in [-0.05, 0) is 24.3 Å². The van der Waals surface area contributed by atoms with Gasteiger partial charge in [0.25, 0.3) is 0 Å². The van der Waals surface area contributed by atoms with E-state index in [1.165, 1.54) is 0 Å². The van der Waals surface area contributed by atoms with Gasteiger partial charge >= 0.3 is 0 Å². The minimum Gasteiger partial charge on any atom is -0.497 e. The smallest absolute Gasteiger partial charge is 0.167 e. The Labute approximate surface area is 122 Å². The summed E-state index contributed by atoms with van der Waals surface area (Å²) < 4.78 is 15.9. The Morgan fingerprint density at radius 3 is 2.10 bits per heavy atom. The highest BCUT2D eigenvalue weighted by Crippen LogP contribution is 2.29. The lowest BCUT2D eigenvalue weighted by Gasteiger charge is -2.01. The lowest BCUT2D eigenvalue weighted by atomic mass is 10.1. The summed E-state index contributed by atoms with van der Waals surface area (Å²) in [6.45, 7) is 0. The number of hydrogen-bond acceptors (Lipinski definition) is 4. The van der Waals surface area contributed by atoms with Gasteiger partial charge in [0.1, 0.15) is 17.2 Å². The van der Waals surface area contributed by atoms with Gasteiger partial charge in [-0.3, -0.25) is 0 Å². The van der Waals surface area contributed by atoms with Crippen molar-refractivity contribution < 1.29 is 14.0 Å². The summed E-state index contributed by atoms with van der Waals surface area (Å²) in [6, 6.07) is 17.3. The molecule has 0 aliphatic rings. The maximum Gasteiger partial charge on any atom is 0.167 e. The molecular formula is C17H15NO3. The second-order valence-corrected chi connectivity index (χ2v) is 4.54. The molecular weight excluding hydrogens is 266 g/mol. The van der Waals surface area contributed by atoms with Crippen molar-refractivity contribution in [3.8, 4) is 34.1 Å². The fourth-order valence-corrected chi connectivity index (χ4v) is 2.11. The molecule has 1 aromatic heterocycles. The van der Waals surface area contributed by atoms with Gasteiger partial charge in [-0.25, -0.2) is 0 Å². The molecule has 3 aromatic rings. The van der Waals surface area contributed by atoms with Gasteiger partial charge in [-0.2, -0.15) is 0 Å². The summed E-state index contributed by atoms with van der Waals surface area (Å²) in [5, 5.41) is 4.12. The maximum atomic E-state index is 5.43. The van der Waals surface area contributed by atoms with Crippen molar-refractivity contribution >= 4 is 0 Å². The van der Waals surface area contributed by atoms with Crippen LogP contribution in [0.3, 0.4) is 0 Å². The zero-order valence-electron chi connectivity index (χ0n) is 11.9. The number of ether oxygens (including phenoxy) is 2. The van der Waals surface area contributed by atoms with E-state index in [2.05, 4.69) is 5.16 Å². The Bertz CT molecular complexity index is 687. The molecule has 0 fully saturated rings. The predicted molar refractivity (Wildman–Crippen MR) is 80.5 cm³/mol. The van der Waals surface area contributed by atoms with Crippen LogP contribution in [0.4, 0.5) is 0 Å². The molecule has 0 aliphatic heterocycles. The topological polar surface area (TPSA) is 44.5 Å². The van der Waals surface area contributed by atoms with Gasteiger partial charge in [0, 0.05) is 17.2 Å². The van der Waals surface area contributed by atoms with Crippen LogP contribution in [0.15, 0.2) is 59.1 Å². The number of aromatic nitrogens is 1. The summed E-state index contributed by atoms with van der Waals surface area (Å²) in [5.41, 5.74) is 2.65. The van der Waals surface area contributed by atoms with E-state index < -0.39 is 0 Å². The fraction of sp³-hybridized carbons (Fsp3) is 0.118. The van der Waals surface area contributed by atoms with Crippen LogP contribution in [0.1, 0.15) is 0 Å². The number of nitrogens with zero attached hydrogens (tertiary/aromatic N) is 1. The van der Waals surface area contributed by atoms with E-state index in [1.54, 1.807) is 14.2 Å². The molecule has 0 spiro atoms. The summed E-state index contributed by atoms with van der Waals surface area (Å²) in [5.74, 6) is 2.27. The molecule has 0 atom stereocenters. The van der Waals surface area contributed by atoms with Gasteiger partial charge in [0.15, 0.2) is 5.76 Å². The van der Waals surface area contributed by atoms with Gasteiger partial charge in [-0.15, -0.1) is 0 Å². The highest BCUT2D eigenvalue weighted by molar-refractivity contribution is 5.68. The van der Waals surface area contributed by atoms with Crippen molar-refractivity contribution in [2.24, 2.45) is 0 Å². The molecule has 0 saturated carbocycles. The van der Waals surface area contributed by atoms with Crippen LogP contribution in [0.5, 0.6) is 11.5 Å². The first-order chi connectivity index (χ1) is 10.3. The van der Waals surface area contributed by atoms with E-state index in [9.17, 15) is 0 Å². The number of hydrogen-bond donors (Lipinski definition) is 0. The molecule has 0 N–H and O–H groups in total. The molecule has 0 bridgehead atoms. The number of rotatable bonds is 4. The second-order valence-electron chi connectivity index (χ2n) is 4.54. The lowest BCUT2D eigenvalue weighted by Crippen LogP contribution is -1.83. The molecule has 0 aliphatic carbocycles. The van der Waals surface area contributed by atoms with Crippen molar-refractivity contribution in [2.75, 3.05) is 14.2 Å². The molecule has 0 saturated heterocycles. The minimum atomic E-state index is 0.701. The van der Waals surface area contributed by atoms with E-state index in [-0.39, 0.29) is 0 Å². The predicted octanol–water partition coefficient (Wildman–Crippen LogP) is 4.03. The van der Waals surface area contributed by atoms with E-state index in [0.717, 1.165) is 28.3 Å². The summed E-state index contributed by atoms with van der Waals surface area (Å²) in [7, 11) is 3.28. The largest absolute Gasteiger partial charge is 0.497 e. The van der Waals surface area contributed by atoms with Crippen molar-refractivity contribution in [3.63, 3.8) is 0 Å².